The maximum atomic E-state index is 13.2. The van der Waals surface area contributed by atoms with Crippen LogP contribution >= 0.6 is 11.3 Å². The fourth-order valence-electron chi connectivity index (χ4n) is 2.69. The molecule has 1 saturated carbocycles. The van der Waals surface area contributed by atoms with Crippen molar-refractivity contribution in [3.63, 3.8) is 0 Å². The molecule has 0 saturated heterocycles. The Morgan fingerprint density at radius 2 is 1.96 bits per heavy atom. The second-order valence-electron chi connectivity index (χ2n) is 6.34. The molecule has 2 aromatic carbocycles. The van der Waals surface area contributed by atoms with Gasteiger partial charge in [0.2, 0.25) is 0 Å². The Balaban J connectivity index is 1.49. The van der Waals surface area contributed by atoms with E-state index in [0.29, 0.717) is 22.7 Å². The summed E-state index contributed by atoms with van der Waals surface area (Å²) in [4.78, 5) is 17.1. The van der Waals surface area contributed by atoms with Crippen molar-refractivity contribution in [3.8, 4) is 11.3 Å². The molecule has 4 rings (SSSR count). The SMILES string of the molecule is Cc1cc(F)ccc1NC(=O)c1ccc(-c2csc(C3CC3)n2)cc1. The van der Waals surface area contributed by atoms with Crippen molar-refractivity contribution in [2.24, 2.45) is 0 Å². The normalized spacial score (nSPS) is 13.7. The highest BCUT2D eigenvalue weighted by Crippen LogP contribution is 2.42. The van der Waals surface area contributed by atoms with E-state index in [0.717, 1.165) is 11.3 Å². The van der Waals surface area contributed by atoms with Gasteiger partial charge in [-0.2, -0.15) is 0 Å². The Labute approximate surface area is 149 Å². The van der Waals surface area contributed by atoms with E-state index in [2.05, 4.69) is 15.7 Å². The largest absolute Gasteiger partial charge is 0.322 e. The highest BCUT2D eigenvalue weighted by molar-refractivity contribution is 7.10. The van der Waals surface area contributed by atoms with Crippen molar-refractivity contribution in [2.45, 2.75) is 25.7 Å². The van der Waals surface area contributed by atoms with Crippen molar-refractivity contribution < 1.29 is 9.18 Å². The zero-order valence-electron chi connectivity index (χ0n) is 13.8. The maximum absolute atomic E-state index is 13.2. The Morgan fingerprint density at radius 1 is 1.20 bits per heavy atom. The fraction of sp³-hybridized carbons (Fsp3) is 0.200. The predicted molar refractivity (Wildman–Crippen MR) is 98.6 cm³/mol. The molecule has 3 nitrogen and oxygen atoms in total. The van der Waals surface area contributed by atoms with Gasteiger partial charge in [-0.1, -0.05) is 12.1 Å². The van der Waals surface area contributed by atoms with Crippen LogP contribution in [0.2, 0.25) is 0 Å². The number of hydrogen-bond donors (Lipinski definition) is 1. The highest BCUT2D eigenvalue weighted by atomic mass is 32.1. The number of rotatable bonds is 4. The summed E-state index contributed by atoms with van der Waals surface area (Å²) in [5.74, 6) is 0.134. The van der Waals surface area contributed by atoms with E-state index in [4.69, 9.17) is 0 Å². The molecule has 1 aliphatic rings. The highest BCUT2D eigenvalue weighted by Gasteiger charge is 2.26. The van der Waals surface area contributed by atoms with Gasteiger partial charge in [0, 0.05) is 28.1 Å². The topological polar surface area (TPSA) is 42.0 Å². The number of anilines is 1. The third-order valence-electron chi connectivity index (χ3n) is 4.33. The number of nitrogens with zero attached hydrogens (tertiary/aromatic N) is 1. The molecule has 0 aliphatic heterocycles. The first-order valence-corrected chi connectivity index (χ1v) is 9.11. The molecule has 1 fully saturated rings. The lowest BCUT2D eigenvalue weighted by molar-refractivity contribution is 0.102. The average molecular weight is 352 g/mol. The Hall–Kier alpha value is -2.53. The summed E-state index contributed by atoms with van der Waals surface area (Å²) in [5.41, 5.74) is 3.85. The summed E-state index contributed by atoms with van der Waals surface area (Å²) in [7, 11) is 0. The van der Waals surface area contributed by atoms with Crippen LogP contribution in [0.15, 0.2) is 47.8 Å². The van der Waals surface area contributed by atoms with E-state index in [1.54, 1.807) is 36.5 Å². The first-order chi connectivity index (χ1) is 12.1. The predicted octanol–water partition coefficient (Wildman–Crippen LogP) is 5.39. The summed E-state index contributed by atoms with van der Waals surface area (Å²) >= 11 is 1.71. The van der Waals surface area contributed by atoms with Crippen molar-refractivity contribution in [3.05, 3.63) is 69.8 Å². The summed E-state index contributed by atoms with van der Waals surface area (Å²) in [6.45, 7) is 1.77. The van der Waals surface area contributed by atoms with Crippen LogP contribution in [0, 0.1) is 12.7 Å². The molecule has 0 atom stereocenters. The van der Waals surface area contributed by atoms with Gasteiger partial charge in [0.15, 0.2) is 0 Å². The number of thiazole rings is 1. The van der Waals surface area contributed by atoms with Gasteiger partial charge < -0.3 is 5.32 Å². The maximum Gasteiger partial charge on any atom is 0.255 e. The molecular weight excluding hydrogens is 335 g/mol. The Bertz CT molecular complexity index is 929. The molecule has 1 heterocycles. The number of halogens is 1. The van der Waals surface area contributed by atoms with Crippen LogP contribution in [0.5, 0.6) is 0 Å². The molecule has 25 heavy (non-hydrogen) atoms. The summed E-state index contributed by atoms with van der Waals surface area (Å²) in [5, 5.41) is 6.11. The second-order valence-corrected chi connectivity index (χ2v) is 7.23. The third-order valence-corrected chi connectivity index (χ3v) is 5.34. The zero-order chi connectivity index (χ0) is 17.4. The number of benzene rings is 2. The average Bonchev–Trinajstić information content (AvgIpc) is 3.34. The van der Waals surface area contributed by atoms with Crippen LogP contribution in [-0.4, -0.2) is 10.9 Å². The van der Waals surface area contributed by atoms with Gasteiger partial charge in [-0.25, -0.2) is 9.37 Å². The van der Waals surface area contributed by atoms with Crippen LogP contribution in [-0.2, 0) is 0 Å². The van der Waals surface area contributed by atoms with Gasteiger partial charge in [-0.15, -0.1) is 11.3 Å². The molecule has 0 bridgehead atoms. The standard InChI is InChI=1S/C20H17FN2OS/c1-12-10-16(21)8-9-17(12)22-19(24)14-4-2-13(3-5-14)18-11-25-20(23-18)15-6-7-15/h2-5,8-11,15H,6-7H2,1H3,(H,22,24). The summed E-state index contributed by atoms with van der Waals surface area (Å²) in [6.07, 6.45) is 2.49. The molecule has 1 amide bonds. The van der Waals surface area contributed by atoms with Gasteiger partial charge >= 0.3 is 0 Å². The number of hydrogen-bond acceptors (Lipinski definition) is 3. The molecule has 5 heteroatoms. The number of aromatic nitrogens is 1. The van der Waals surface area contributed by atoms with Crippen LogP contribution in [0.25, 0.3) is 11.3 Å². The number of aryl methyl sites for hydroxylation is 1. The zero-order valence-corrected chi connectivity index (χ0v) is 14.6. The molecular formula is C20H17FN2OS. The monoisotopic (exact) mass is 352 g/mol. The number of carbonyl (C=O) groups is 1. The molecule has 126 valence electrons. The fourth-order valence-corrected chi connectivity index (χ4v) is 3.69. The van der Waals surface area contributed by atoms with E-state index in [-0.39, 0.29) is 11.7 Å². The summed E-state index contributed by atoms with van der Waals surface area (Å²) in [6, 6.07) is 11.7. The van der Waals surface area contributed by atoms with Crippen molar-refractivity contribution in [2.75, 3.05) is 5.32 Å². The van der Waals surface area contributed by atoms with E-state index >= 15 is 0 Å². The van der Waals surface area contributed by atoms with Crippen molar-refractivity contribution in [1.82, 2.24) is 4.98 Å². The van der Waals surface area contributed by atoms with Gasteiger partial charge in [-0.05, 0) is 55.7 Å². The van der Waals surface area contributed by atoms with Crippen LogP contribution in [0.3, 0.4) is 0 Å². The lowest BCUT2D eigenvalue weighted by Gasteiger charge is -2.08. The third kappa shape index (κ3) is 3.46. The minimum absolute atomic E-state index is 0.210. The van der Waals surface area contributed by atoms with Gasteiger partial charge in [0.25, 0.3) is 5.91 Å². The molecule has 1 N–H and O–H groups in total. The van der Waals surface area contributed by atoms with E-state index in [1.165, 1.54) is 30.0 Å². The van der Waals surface area contributed by atoms with E-state index in [1.807, 2.05) is 12.1 Å². The lowest BCUT2D eigenvalue weighted by Crippen LogP contribution is -2.12. The molecule has 0 radical (unpaired) electrons. The van der Waals surface area contributed by atoms with Crippen LogP contribution < -0.4 is 5.32 Å². The smallest absolute Gasteiger partial charge is 0.255 e. The van der Waals surface area contributed by atoms with E-state index in [9.17, 15) is 9.18 Å². The number of nitrogens with one attached hydrogen (secondary N) is 1. The quantitative estimate of drug-likeness (QED) is 0.684. The molecule has 0 unspecified atom stereocenters. The Morgan fingerprint density at radius 3 is 2.64 bits per heavy atom. The van der Waals surface area contributed by atoms with Crippen LogP contribution in [0.1, 0.15) is 39.7 Å². The lowest BCUT2D eigenvalue weighted by atomic mass is 10.1. The first kappa shape index (κ1) is 16.0. The van der Waals surface area contributed by atoms with Crippen molar-refractivity contribution in [1.29, 1.82) is 0 Å². The first-order valence-electron chi connectivity index (χ1n) is 8.23. The second kappa shape index (κ2) is 6.41. The van der Waals surface area contributed by atoms with Gasteiger partial charge in [0.1, 0.15) is 5.82 Å². The van der Waals surface area contributed by atoms with Gasteiger partial charge in [-0.3, -0.25) is 4.79 Å². The minimum atomic E-state index is -0.311. The Kier molecular flexibility index (Phi) is 4.09. The van der Waals surface area contributed by atoms with Crippen LogP contribution in [0.4, 0.5) is 10.1 Å². The van der Waals surface area contributed by atoms with E-state index < -0.39 is 0 Å². The molecule has 3 aromatic rings. The molecule has 1 aliphatic carbocycles. The molecule has 0 spiro atoms. The van der Waals surface area contributed by atoms with Crippen molar-refractivity contribution >= 4 is 22.9 Å². The minimum Gasteiger partial charge on any atom is -0.322 e. The summed E-state index contributed by atoms with van der Waals surface area (Å²) < 4.78 is 13.2. The molecule has 1 aromatic heterocycles. The number of amides is 1. The van der Waals surface area contributed by atoms with Gasteiger partial charge in [0.05, 0.1) is 10.7 Å². The number of carbonyl (C=O) groups excluding carboxylic acids is 1.